The number of benzene rings is 3. The average Bonchev–Trinajstić information content (AvgIpc) is 3.59. The standard InChI is InChI=1S/C30H23N5O2S2/c36-35(37)24-11-15-26(16-12-24)39-25-13-9-23(10-14-25)34-29(28(32-30(34)38)27-8-4-5-18-31-27)21-17-19-33(20-21)22-6-2-1-3-7-22/h1-20,28-29H,(H,32,38)/t28-,29-/m1/s1. The molecule has 0 radical (unpaired) electrons. The van der Waals surface area contributed by atoms with Crippen molar-refractivity contribution >= 4 is 40.5 Å². The van der Waals surface area contributed by atoms with Crippen molar-refractivity contribution in [2.45, 2.75) is 21.9 Å². The fourth-order valence-corrected chi connectivity index (χ4v) is 5.93. The predicted octanol–water partition coefficient (Wildman–Crippen LogP) is 7.11. The van der Waals surface area contributed by atoms with Gasteiger partial charge in [-0.15, -0.1) is 0 Å². The minimum atomic E-state index is -0.390. The molecule has 1 aliphatic heterocycles. The van der Waals surface area contributed by atoms with E-state index in [1.165, 1.54) is 12.1 Å². The molecule has 7 nitrogen and oxygen atoms in total. The van der Waals surface area contributed by atoms with E-state index >= 15 is 0 Å². The Labute approximate surface area is 235 Å². The summed E-state index contributed by atoms with van der Waals surface area (Å²) in [6, 6.07) is 32.8. The molecule has 0 spiro atoms. The Morgan fingerprint density at radius 3 is 2.21 bits per heavy atom. The van der Waals surface area contributed by atoms with E-state index < -0.39 is 0 Å². The van der Waals surface area contributed by atoms with Crippen LogP contribution in [0.5, 0.6) is 0 Å². The SMILES string of the molecule is O=[N+]([O-])c1ccc(Sc2ccc(N3C(=S)N[C@H](c4ccccn4)[C@H]3c3ccn(-c4ccccc4)c3)cc2)cc1. The lowest BCUT2D eigenvalue weighted by atomic mass is 9.98. The molecule has 9 heteroatoms. The summed E-state index contributed by atoms with van der Waals surface area (Å²) in [6.45, 7) is 0. The lowest BCUT2D eigenvalue weighted by molar-refractivity contribution is -0.384. The normalized spacial score (nSPS) is 16.7. The first-order valence-corrected chi connectivity index (χ1v) is 13.6. The second-order valence-electron chi connectivity index (χ2n) is 9.03. The van der Waals surface area contributed by atoms with Gasteiger partial charge in [0.2, 0.25) is 0 Å². The van der Waals surface area contributed by atoms with Crippen LogP contribution >= 0.6 is 24.0 Å². The van der Waals surface area contributed by atoms with Gasteiger partial charge < -0.3 is 14.8 Å². The van der Waals surface area contributed by atoms with Crippen LogP contribution in [0.3, 0.4) is 0 Å². The number of anilines is 1. The highest BCUT2D eigenvalue weighted by molar-refractivity contribution is 7.99. The van der Waals surface area contributed by atoms with Crippen molar-refractivity contribution in [3.8, 4) is 5.69 Å². The van der Waals surface area contributed by atoms with Crippen LogP contribution in [0.2, 0.25) is 0 Å². The van der Waals surface area contributed by atoms with Crippen LogP contribution in [0.15, 0.2) is 132 Å². The Morgan fingerprint density at radius 1 is 0.846 bits per heavy atom. The van der Waals surface area contributed by atoms with Crippen LogP contribution < -0.4 is 10.2 Å². The monoisotopic (exact) mass is 549 g/mol. The number of non-ortho nitro benzene ring substituents is 1. The summed E-state index contributed by atoms with van der Waals surface area (Å²) in [5, 5.41) is 15.1. The third kappa shape index (κ3) is 5.14. The molecule has 3 aromatic carbocycles. The molecule has 0 saturated carbocycles. The van der Waals surface area contributed by atoms with Gasteiger partial charge in [0.25, 0.3) is 5.69 Å². The second-order valence-corrected chi connectivity index (χ2v) is 10.6. The average molecular weight is 550 g/mol. The van der Waals surface area contributed by atoms with Crippen molar-refractivity contribution in [1.82, 2.24) is 14.9 Å². The van der Waals surface area contributed by atoms with E-state index in [2.05, 4.69) is 62.5 Å². The molecule has 1 fully saturated rings. The number of nitrogens with zero attached hydrogens (tertiary/aromatic N) is 4. The zero-order chi connectivity index (χ0) is 26.8. The Hall–Kier alpha value is -4.47. The lowest BCUT2D eigenvalue weighted by Crippen LogP contribution is -2.29. The van der Waals surface area contributed by atoms with E-state index in [-0.39, 0.29) is 22.7 Å². The van der Waals surface area contributed by atoms with Gasteiger partial charge >= 0.3 is 0 Å². The molecule has 1 aliphatic rings. The maximum atomic E-state index is 10.9. The summed E-state index contributed by atoms with van der Waals surface area (Å²) in [7, 11) is 0. The summed E-state index contributed by atoms with van der Waals surface area (Å²) in [4.78, 5) is 19.3. The van der Waals surface area contributed by atoms with E-state index in [0.29, 0.717) is 5.11 Å². The van der Waals surface area contributed by atoms with E-state index in [9.17, 15) is 10.1 Å². The molecule has 2 aromatic heterocycles. The Bertz CT molecular complexity index is 1610. The molecule has 5 aromatic rings. The molecular formula is C30H23N5O2S2. The molecule has 6 rings (SSSR count). The maximum Gasteiger partial charge on any atom is 0.269 e. The number of aromatic nitrogens is 2. The van der Waals surface area contributed by atoms with Crippen LogP contribution in [0, 0.1) is 10.1 Å². The predicted molar refractivity (Wildman–Crippen MR) is 157 cm³/mol. The van der Waals surface area contributed by atoms with Crippen LogP contribution in [-0.4, -0.2) is 19.6 Å². The smallest absolute Gasteiger partial charge is 0.269 e. The molecule has 1 N–H and O–H groups in total. The van der Waals surface area contributed by atoms with Gasteiger partial charge in [0.05, 0.1) is 22.7 Å². The summed E-state index contributed by atoms with van der Waals surface area (Å²) < 4.78 is 2.12. The number of hydrogen-bond acceptors (Lipinski definition) is 5. The van der Waals surface area contributed by atoms with Crippen LogP contribution in [0.1, 0.15) is 23.3 Å². The minimum Gasteiger partial charge on any atom is -0.351 e. The number of pyridine rings is 1. The number of nitro groups is 1. The second kappa shape index (κ2) is 10.7. The first-order valence-electron chi connectivity index (χ1n) is 12.3. The van der Waals surface area contributed by atoms with Gasteiger partial charge in [-0.2, -0.15) is 0 Å². The number of thiocarbonyl (C=S) groups is 1. The highest BCUT2D eigenvalue weighted by Crippen LogP contribution is 2.42. The minimum absolute atomic E-state index is 0.0827. The first-order chi connectivity index (χ1) is 19.1. The van der Waals surface area contributed by atoms with Crippen molar-refractivity contribution in [3.05, 3.63) is 143 Å². The topological polar surface area (TPSA) is 76.2 Å². The highest BCUT2D eigenvalue weighted by atomic mass is 32.2. The zero-order valence-corrected chi connectivity index (χ0v) is 22.3. The third-order valence-electron chi connectivity index (χ3n) is 6.61. The van der Waals surface area contributed by atoms with Gasteiger partial charge in [-0.25, -0.2) is 0 Å². The van der Waals surface area contributed by atoms with Gasteiger partial charge in [0.1, 0.15) is 0 Å². The highest BCUT2D eigenvalue weighted by Gasteiger charge is 2.41. The van der Waals surface area contributed by atoms with E-state index in [4.69, 9.17) is 12.2 Å². The summed E-state index contributed by atoms with van der Waals surface area (Å²) >= 11 is 7.42. The fourth-order valence-electron chi connectivity index (χ4n) is 4.77. The van der Waals surface area contributed by atoms with Crippen LogP contribution in [0.25, 0.3) is 5.69 Å². The molecule has 0 unspecified atom stereocenters. The van der Waals surface area contributed by atoms with Crippen LogP contribution in [-0.2, 0) is 0 Å². The lowest BCUT2D eigenvalue weighted by Gasteiger charge is -2.27. The van der Waals surface area contributed by atoms with Gasteiger partial charge in [-0.1, -0.05) is 36.0 Å². The van der Waals surface area contributed by atoms with Crippen molar-refractivity contribution in [1.29, 1.82) is 0 Å². The van der Waals surface area contributed by atoms with E-state index in [0.717, 1.165) is 32.4 Å². The van der Waals surface area contributed by atoms with E-state index in [1.54, 1.807) is 30.1 Å². The van der Waals surface area contributed by atoms with Crippen molar-refractivity contribution in [2.75, 3.05) is 4.90 Å². The van der Waals surface area contributed by atoms with E-state index in [1.807, 2.05) is 48.5 Å². The van der Waals surface area contributed by atoms with Gasteiger partial charge in [-0.05, 0) is 84.5 Å². The molecule has 0 bridgehead atoms. The number of nitrogens with one attached hydrogen (secondary N) is 1. The molecule has 0 amide bonds. The largest absolute Gasteiger partial charge is 0.351 e. The maximum absolute atomic E-state index is 10.9. The Kier molecular flexibility index (Phi) is 6.83. The molecule has 192 valence electrons. The van der Waals surface area contributed by atoms with Crippen molar-refractivity contribution in [3.63, 3.8) is 0 Å². The summed E-state index contributed by atoms with van der Waals surface area (Å²) in [5.41, 5.74) is 4.18. The first kappa shape index (κ1) is 24.8. The third-order valence-corrected chi connectivity index (χ3v) is 7.94. The Balaban J connectivity index is 1.31. The fraction of sp³-hybridized carbons (Fsp3) is 0.0667. The quantitative estimate of drug-likeness (QED) is 0.132. The number of para-hydroxylation sites is 1. The van der Waals surface area contributed by atoms with Crippen LogP contribution in [0.4, 0.5) is 11.4 Å². The summed E-state index contributed by atoms with van der Waals surface area (Å²) in [6.07, 6.45) is 6.03. The molecule has 1 saturated heterocycles. The van der Waals surface area contributed by atoms with Gasteiger partial charge in [-0.3, -0.25) is 15.1 Å². The van der Waals surface area contributed by atoms with Gasteiger partial charge in [0.15, 0.2) is 5.11 Å². The Morgan fingerprint density at radius 2 is 1.54 bits per heavy atom. The zero-order valence-electron chi connectivity index (χ0n) is 20.6. The number of rotatable bonds is 7. The summed E-state index contributed by atoms with van der Waals surface area (Å²) in [5.74, 6) is 0. The van der Waals surface area contributed by atoms with Crippen molar-refractivity contribution in [2.24, 2.45) is 0 Å². The molecular weight excluding hydrogens is 526 g/mol. The molecule has 3 heterocycles. The van der Waals surface area contributed by atoms with Crippen molar-refractivity contribution < 1.29 is 4.92 Å². The molecule has 39 heavy (non-hydrogen) atoms. The van der Waals surface area contributed by atoms with Gasteiger partial charge in [0, 0.05) is 51.9 Å². The molecule has 0 aliphatic carbocycles. The molecule has 2 atom stereocenters. The number of hydrogen-bond donors (Lipinski definition) is 1. The number of nitro benzene ring substituents is 1.